The number of aromatic nitrogens is 2. The quantitative estimate of drug-likeness (QED) is 0.363. The number of aryl methyl sites for hydroxylation is 3. The van der Waals surface area contributed by atoms with Gasteiger partial charge in [0.2, 0.25) is 0 Å². The lowest BCUT2D eigenvalue weighted by Gasteiger charge is -2.11. The Balaban J connectivity index is 0.000000403. The minimum Gasteiger partial charge on any atom is -0.358 e. The zero-order valence-electron chi connectivity index (χ0n) is 16.2. The zero-order chi connectivity index (χ0) is 21.0. The first-order valence-corrected chi connectivity index (χ1v) is 10.8. The van der Waals surface area contributed by atoms with Gasteiger partial charge in [0.15, 0.2) is 5.43 Å². The fourth-order valence-corrected chi connectivity index (χ4v) is 3.71. The van der Waals surface area contributed by atoms with Crippen LogP contribution in [0.25, 0.3) is 32.7 Å². The molecule has 6 nitrogen and oxygen atoms in total. The van der Waals surface area contributed by atoms with Gasteiger partial charge >= 0.3 is 0 Å². The fraction of sp³-hybridized carbons (Fsp3) is 0.250. The molecule has 0 aliphatic heterocycles. The largest absolute Gasteiger partial charge is 0.358 e. The van der Waals surface area contributed by atoms with Crippen molar-refractivity contribution in [2.45, 2.75) is 27.7 Å². The van der Waals surface area contributed by atoms with Crippen LogP contribution in [0, 0.1) is 27.7 Å². The molecule has 0 spiro atoms. The van der Waals surface area contributed by atoms with E-state index < -0.39 is 10.1 Å². The normalized spacial score (nSPS) is 11.8. The Morgan fingerprint density at radius 2 is 1.46 bits per heavy atom. The highest BCUT2D eigenvalue weighted by Crippen LogP contribution is 2.36. The molecule has 0 bridgehead atoms. The van der Waals surface area contributed by atoms with E-state index in [1.54, 1.807) is 0 Å². The van der Waals surface area contributed by atoms with E-state index >= 15 is 0 Å². The molecule has 0 saturated heterocycles. The van der Waals surface area contributed by atoms with Crippen LogP contribution in [-0.2, 0) is 10.1 Å². The van der Waals surface area contributed by atoms with E-state index in [0.717, 1.165) is 55.1 Å². The number of halogens is 1. The van der Waals surface area contributed by atoms with Gasteiger partial charge in [0.1, 0.15) is 0 Å². The molecule has 2 aromatic carbocycles. The third-order valence-corrected chi connectivity index (χ3v) is 5.19. The van der Waals surface area contributed by atoms with Gasteiger partial charge in [-0.05, 0) is 57.0 Å². The summed E-state index contributed by atoms with van der Waals surface area (Å²) in [6.45, 7) is 7.88. The van der Waals surface area contributed by atoms with E-state index in [9.17, 15) is 13.2 Å². The molecule has 8 heteroatoms. The summed E-state index contributed by atoms with van der Waals surface area (Å²) in [5.74, 6) is 0. The summed E-state index contributed by atoms with van der Waals surface area (Å²) in [4.78, 5) is 19.7. The molecule has 4 aromatic rings. The molecule has 0 aliphatic rings. The summed E-state index contributed by atoms with van der Waals surface area (Å²) in [7, 11) is -3.67. The zero-order valence-corrected chi connectivity index (χ0v) is 17.8. The predicted molar refractivity (Wildman–Crippen MR) is 115 cm³/mol. The number of H-pyrrole nitrogens is 2. The molecule has 3 N–H and O–H groups in total. The number of hydrogen-bond acceptors (Lipinski definition) is 3. The van der Waals surface area contributed by atoms with Crippen molar-refractivity contribution in [2.24, 2.45) is 0 Å². The molecule has 0 radical (unpaired) electrons. The first-order chi connectivity index (χ1) is 12.9. The minimum absolute atomic E-state index is 0.107. The van der Waals surface area contributed by atoms with Gasteiger partial charge < -0.3 is 9.97 Å². The number of rotatable bonds is 0. The molecule has 2 heterocycles. The van der Waals surface area contributed by atoms with Crippen LogP contribution in [-0.4, -0.2) is 29.2 Å². The van der Waals surface area contributed by atoms with E-state index in [2.05, 4.69) is 16.9 Å². The van der Waals surface area contributed by atoms with Gasteiger partial charge in [-0.15, -0.1) is 0 Å². The maximum Gasteiger partial charge on any atom is 0.261 e. The second-order valence-electron chi connectivity index (χ2n) is 7.00. The molecule has 0 amide bonds. The van der Waals surface area contributed by atoms with Crippen molar-refractivity contribution in [3.05, 3.63) is 55.8 Å². The second kappa shape index (κ2) is 6.92. The van der Waals surface area contributed by atoms with Gasteiger partial charge in [-0.1, -0.05) is 11.6 Å². The molecule has 0 atom stereocenters. The summed E-state index contributed by atoms with van der Waals surface area (Å²) in [6, 6.07) is 5.84. The molecule has 0 saturated carbocycles. The van der Waals surface area contributed by atoms with Gasteiger partial charge in [-0.25, -0.2) is 0 Å². The van der Waals surface area contributed by atoms with Crippen LogP contribution in [0.3, 0.4) is 0 Å². The number of nitrogens with one attached hydrogen (secondary N) is 2. The van der Waals surface area contributed by atoms with Gasteiger partial charge in [-0.3, -0.25) is 9.35 Å². The smallest absolute Gasteiger partial charge is 0.261 e. The lowest BCUT2D eigenvalue weighted by atomic mass is 9.97. The monoisotopic (exact) mass is 420 g/mol. The van der Waals surface area contributed by atoms with Crippen molar-refractivity contribution in [1.82, 2.24) is 9.97 Å². The van der Waals surface area contributed by atoms with Gasteiger partial charge in [0, 0.05) is 32.6 Å². The summed E-state index contributed by atoms with van der Waals surface area (Å²) in [5, 5.41) is 3.71. The molecule has 4 rings (SSSR count). The van der Waals surface area contributed by atoms with Crippen LogP contribution in [0.1, 0.15) is 22.4 Å². The molecule has 0 aliphatic carbocycles. The SMILES string of the molecule is CS(=O)(=O)O.Cc1[nH]c2c(C)c3c([nH]c4ccc(Cl)cc43)c(C)c2c(=O)c1C. The van der Waals surface area contributed by atoms with Gasteiger partial charge in [-0.2, -0.15) is 8.42 Å². The van der Waals surface area contributed by atoms with Crippen molar-refractivity contribution >= 4 is 54.4 Å². The van der Waals surface area contributed by atoms with Crippen LogP contribution in [0.2, 0.25) is 5.02 Å². The molecule has 0 fully saturated rings. The molecular weight excluding hydrogens is 400 g/mol. The highest BCUT2D eigenvalue weighted by Gasteiger charge is 2.17. The predicted octanol–water partition coefficient (Wildman–Crippen LogP) is 4.55. The summed E-state index contributed by atoms with van der Waals surface area (Å²) in [6.07, 6.45) is 0.715. The molecular formula is C20H21ClN2O4S. The van der Waals surface area contributed by atoms with Crippen LogP contribution in [0.4, 0.5) is 0 Å². The van der Waals surface area contributed by atoms with Gasteiger partial charge in [0.25, 0.3) is 10.1 Å². The standard InChI is InChI=1S/C19H17ClN2O.CH4O3S/c1-8-11(4)21-18-9(2)15-13-7-12(20)5-6-14(13)22-17(15)10(3)16(18)19(8)23;1-5(2,3)4/h5-7,22H,1-4H3,(H,21,23);1H3,(H,2,3,4). The van der Waals surface area contributed by atoms with Gasteiger partial charge in [0.05, 0.1) is 22.7 Å². The van der Waals surface area contributed by atoms with Crippen LogP contribution in [0.15, 0.2) is 23.0 Å². The number of aromatic amines is 2. The van der Waals surface area contributed by atoms with Crippen LogP contribution < -0.4 is 5.43 Å². The van der Waals surface area contributed by atoms with Crippen molar-refractivity contribution < 1.29 is 13.0 Å². The molecule has 2 aromatic heterocycles. The Morgan fingerprint density at radius 1 is 0.929 bits per heavy atom. The fourth-order valence-electron chi connectivity index (χ4n) is 3.54. The van der Waals surface area contributed by atoms with E-state index in [1.807, 2.05) is 39.0 Å². The molecule has 0 unspecified atom stereocenters. The highest BCUT2D eigenvalue weighted by atomic mass is 35.5. The molecule has 148 valence electrons. The Bertz CT molecular complexity index is 1410. The lowest BCUT2D eigenvalue weighted by molar-refractivity contribution is 0.490. The van der Waals surface area contributed by atoms with E-state index in [4.69, 9.17) is 16.2 Å². The highest BCUT2D eigenvalue weighted by molar-refractivity contribution is 7.85. The Morgan fingerprint density at radius 3 is 2.07 bits per heavy atom. The maximum absolute atomic E-state index is 12.8. The minimum atomic E-state index is -3.67. The summed E-state index contributed by atoms with van der Waals surface area (Å²) in [5.41, 5.74) is 6.83. The average Bonchev–Trinajstić information content (AvgIpc) is 2.95. The second-order valence-corrected chi connectivity index (χ2v) is 8.90. The first kappa shape index (κ1) is 20.4. The van der Waals surface area contributed by atoms with Crippen LogP contribution >= 0.6 is 11.6 Å². The van der Waals surface area contributed by atoms with Crippen molar-refractivity contribution in [3.8, 4) is 0 Å². The Labute approximate surface area is 167 Å². The topological polar surface area (TPSA) is 103 Å². The average molecular weight is 421 g/mol. The Kier molecular flexibility index (Phi) is 5.04. The number of pyridine rings is 1. The summed E-state index contributed by atoms with van der Waals surface area (Å²) >= 11 is 6.19. The maximum atomic E-state index is 12.8. The van der Waals surface area contributed by atoms with E-state index in [0.29, 0.717) is 11.3 Å². The van der Waals surface area contributed by atoms with Crippen LogP contribution in [0.5, 0.6) is 0 Å². The van der Waals surface area contributed by atoms with Crippen molar-refractivity contribution in [1.29, 1.82) is 0 Å². The van der Waals surface area contributed by atoms with Crippen molar-refractivity contribution in [2.75, 3.05) is 6.26 Å². The third kappa shape index (κ3) is 3.53. The van der Waals surface area contributed by atoms with E-state index in [1.165, 1.54) is 0 Å². The van der Waals surface area contributed by atoms with E-state index in [-0.39, 0.29) is 5.43 Å². The van der Waals surface area contributed by atoms with Crippen molar-refractivity contribution in [3.63, 3.8) is 0 Å². The lowest BCUT2D eigenvalue weighted by Crippen LogP contribution is -2.12. The summed E-state index contributed by atoms with van der Waals surface area (Å²) < 4.78 is 25.9. The number of benzene rings is 2. The number of hydrogen-bond donors (Lipinski definition) is 3. The molecule has 28 heavy (non-hydrogen) atoms. The Hall–Kier alpha value is -2.35. The first-order valence-electron chi connectivity index (χ1n) is 8.56. The number of fused-ring (bicyclic) bond motifs is 4. The third-order valence-electron chi connectivity index (χ3n) is 4.95.